The molecule has 1 aromatic heterocycles. The predicted molar refractivity (Wildman–Crippen MR) is 78.2 cm³/mol. The summed E-state index contributed by atoms with van der Waals surface area (Å²) in [6, 6.07) is 1.89. The minimum absolute atomic E-state index is 0.275. The Balaban J connectivity index is 2.76. The molecule has 1 rings (SSSR count). The van der Waals surface area contributed by atoms with Gasteiger partial charge in [-0.25, -0.2) is 10.8 Å². The predicted octanol–water partition coefficient (Wildman–Crippen LogP) is 3.23. The van der Waals surface area contributed by atoms with Crippen LogP contribution in [0.15, 0.2) is 6.07 Å². The van der Waals surface area contributed by atoms with E-state index in [1.807, 2.05) is 11.8 Å². The molecule has 0 aromatic carbocycles. The van der Waals surface area contributed by atoms with E-state index in [9.17, 15) is 0 Å². The van der Waals surface area contributed by atoms with Crippen molar-refractivity contribution >= 4 is 46.6 Å². The van der Waals surface area contributed by atoms with E-state index in [2.05, 4.69) is 29.6 Å². The van der Waals surface area contributed by atoms with Gasteiger partial charge < -0.3 is 10.7 Å². The monoisotopic (exact) mass is 294 g/mol. The molecule has 0 saturated carbocycles. The van der Waals surface area contributed by atoms with E-state index in [0.29, 0.717) is 21.7 Å². The fourth-order valence-corrected chi connectivity index (χ4v) is 2.38. The van der Waals surface area contributed by atoms with Crippen LogP contribution in [-0.2, 0) is 0 Å². The Labute approximate surface area is 116 Å². The van der Waals surface area contributed by atoms with Crippen LogP contribution < -0.4 is 16.6 Å². The van der Waals surface area contributed by atoms with Gasteiger partial charge in [-0.05, 0) is 18.7 Å². The van der Waals surface area contributed by atoms with Gasteiger partial charge >= 0.3 is 0 Å². The Morgan fingerprint density at radius 2 is 2.06 bits per heavy atom. The number of hydrogen-bond donors (Lipinski definition) is 3. The molecule has 4 nitrogen and oxygen atoms in total. The first-order valence-electron chi connectivity index (χ1n) is 5.25. The summed E-state index contributed by atoms with van der Waals surface area (Å²) < 4.78 is 0. The molecule has 0 aliphatic heterocycles. The first-order valence-corrected chi connectivity index (χ1v) is 7.16. The molecule has 17 heavy (non-hydrogen) atoms. The molecule has 0 aliphatic rings. The highest BCUT2D eigenvalue weighted by molar-refractivity contribution is 7.99. The summed E-state index contributed by atoms with van der Waals surface area (Å²) in [5.74, 6) is 8.39. The van der Waals surface area contributed by atoms with Crippen molar-refractivity contribution in [1.29, 1.82) is 0 Å². The number of anilines is 2. The van der Waals surface area contributed by atoms with Crippen LogP contribution in [0, 0.1) is 0 Å². The number of thioether (sulfide) groups is 1. The lowest BCUT2D eigenvalue weighted by Crippen LogP contribution is -2.20. The Kier molecular flexibility index (Phi) is 6.19. The van der Waals surface area contributed by atoms with E-state index in [4.69, 9.17) is 29.0 Å². The first kappa shape index (κ1) is 14.7. The van der Waals surface area contributed by atoms with Crippen molar-refractivity contribution < 1.29 is 0 Å². The minimum atomic E-state index is 0.275. The van der Waals surface area contributed by atoms with Crippen LogP contribution in [0.1, 0.15) is 13.8 Å². The van der Waals surface area contributed by atoms with Gasteiger partial charge in [0.2, 0.25) is 0 Å². The molecule has 1 heterocycles. The Morgan fingerprint density at radius 3 is 2.65 bits per heavy atom. The van der Waals surface area contributed by atoms with Crippen molar-refractivity contribution in [3.8, 4) is 0 Å². The first-order chi connectivity index (χ1) is 8.08. The number of hydrogen-bond acceptors (Lipinski definition) is 5. The summed E-state index contributed by atoms with van der Waals surface area (Å²) in [4.78, 5) is 4.22. The number of nitrogens with two attached hydrogens (primary N) is 1. The number of nitrogen functional groups attached to an aromatic ring is 1. The molecule has 96 valence electrons. The average Bonchev–Trinajstić information content (AvgIpc) is 2.30. The van der Waals surface area contributed by atoms with E-state index in [-0.39, 0.29) is 6.04 Å². The van der Waals surface area contributed by atoms with Gasteiger partial charge in [-0.15, -0.1) is 0 Å². The van der Waals surface area contributed by atoms with Gasteiger partial charge in [0.15, 0.2) is 5.82 Å². The van der Waals surface area contributed by atoms with Crippen LogP contribution in [0.25, 0.3) is 0 Å². The van der Waals surface area contributed by atoms with E-state index < -0.39 is 0 Å². The second kappa shape index (κ2) is 7.16. The second-order valence-corrected chi connectivity index (χ2v) is 5.63. The lowest BCUT2D eigenvalue weighted by atomic mass is 10.3. The maximum atomic E-state index is 6.05. The minimum Gasteiger partial charge on any atom is -0.365 e. The molecule has 0 spiro atoms. The van der Waals surface area contributed by atoms with Gasteiger partial charge in [0.05, 0.1) is 10.0 Å². The maximum Gasteiger partial charge on any atom is 0.161 e. The fourth-order valence-electron chi connectivity index (χ4n) is 1.24. The van der Waals surface area contributed by atoms with Gasteiger partial charge in [-0.3, -0.25) is 0 Å². The van der Waals surface area contributed by atoms with E-state index in [1.54, 1.807) is 6.07 Å². The van der Waals surface area contributed by atoms with Gasteiger partial charge in [-0.1, -0.05) is 30.1 Å². The quantitative estimate of drug-likeness (QED) is 0.555. The van der Waals surface area contributed by atoms with Gasteiger partial charge in [-0.2, -0.15) is 11.8 Å². The molecule has 1 atom stereocenters. The van der Waals surface area contributed by atoms with Crippen LogP contribution >= 0.6 is 35.0 Å². The molecule has 0 radical (unpaired) electrons. The molecular formula is C10H16Cl2N4S. The van der Waals surface area contributed by atoms with E-state index in [0.717, 1.165) is 11.5 Å². The van der Waals surface area contributed by atoms with Crippen LogP contribution in [-0.4, -0.2) is 22.5 Å². The van der Waals surface area contributed by atoms with E-state index >= 15 is 0 Å². The van der Waals surface area contributed by atoms with Gasteiger partial charge in [0.25, 0.3) is 0 Å². The highest BCUT2D eigenvalue weighted by Gasteiger charge is 2.10. The van der Waals surface area contributed by atoms with Gasteiger partial charge in [0, 0.05) is 11.8 Å². The summed E-state index contributed by atoms with van der Waals surface area (Å²) in [6.45, 7) is 4.20. The van der Waals surface area contributed by atoms with E-state index in [1.165, 1.54) is 0 Å². The Morgan fingerprint density at radius 1 is 1.41 bits per heavy atom. The third kappa shape index (κ3) is 4.43. The molecule has 0 fully saturated rings. The van der Waals surface area contributed by atoms with Crippen LogP contribution in [0.5, 0.6) is 0 Å². The summed E-state index contributed by atoms with van der Waals surface area (Å²) in [5, 5.41) is 4.12. The second-order valence-electron chi connectivity index (χ2n) is 3.50. The molecule has 0 amide bonds. The SMILES string of the molecule is CCSCC(C)Nc1nc(NN)c(Cl)cc1Cl. The number of pyridine rings is 1. The zero-order chi connectivity index (χ0) is 12.8. The largest absolute Gasteiger partial charge is 0.365 e. The number of halogens is 2. The topological polar surface area (TPSA) is 63.0 Å². The third-order valence-electron chi connectivity index (χ3n) is 2.02. The summed E-state index contributed by atoms with van der Waals surface area (Å²) >= 11 is 13.8. The highest BCUT2D eigenvalue weighted by Crippen LogP contribution is 2.29. The third-order valence-corrected chi connectivity index (χ3v) is 3.74. The molecule has 1 aromatic rings. The molecule has 1 unspecified atom stereocenters. The molecule has 0 aliphatic carbocycles. The zero-order valence-corrected chi connectivity index (χ0v) is 12.1. The summed E-state index contributed by atoms with van der Waals surface area (Å²) in [7, 11) is 0. The van der Waals surface area contributed by atoms with Crippen molar-refractivity contribution in [2.24, 2.45) is 5.84 Å². The average molecular weight is 295 g/mol. The molecular weight excluding hydrogens is 279 g/mol. The molecule has 4 N–H and O–H groups in total. The van der Waals surface area contributed by atoms with Crippen molar-refractivity contribution in [3.05, 3.63) is 16.1 Å². The Hall–Kier alpha value is -0.360. The highest BCUT2D eigenvalue weighted by atomic mass is 35.5. The van der Waals surface area contributed by atoms with Crippen molar-refractivity contribution in [3.63, 3.8) is 0 Å². The normalized spacial score (nSPS) is 12.3. The number of aromatic nitrogens is 1. The standard InChI is InChI=1S/C10H16Cl2N4S/c1-3-17-5-6(2)14-9-7(11)4-8(12)10(15-9)16-13/h4,6H,3,5,13H2,1-2H3,(H2,14,15,16). The lowest BCUT2D eigenvalue weighted by Gasteiger charge is -2.16. The fraction of sp³-hybridized carbons (Fsp3) is 0.500. The number of hydrazine groups is 1. The van der Waals surface area contributed by atoms with Crippen LogP contribution in [0.4, 0.5) is 11.6 Å². The van der Waals surface area contributed by atoms with Crippen molar-refractivity contribution in [2.45, 2.75) is 19.9 Å². The summed E-state index contributed by atoms with van der Waals surface area (Å²) in [5.41, 5.74) is 2.43. The molecule has 7 heteroatoms. The number of nitrogens with zero attached hydrogens (tertiary/aromatic N) is 1. The van der Waals surface area contributed by atoms with Crippen LogP contribution in [0.2, 0.25) is 10.0 Å². The van der Waals surface area contributed by atoms with Crippen molar-refractivity contribution in [2.75, 3.05) is 22.2 Å². The van der Waals surface area contributed by atoms with Crippen molar-refractivity contribution in [1.82, 2.24) is 4.98 Å². The lowest BCUT2D eigenvalue weighted by molar-refractivity contribution is 0.902. The number of rotatable bonds is 6. The number of nitrogens with one attached hydrogen (secondary N) is 2. The van der Waals surface area contributed by atoms with Gasteiger partial charge in [0.1, 0.15) is 5.82 Å². The maximum absolute atomic E-state index is 6.05. The molecule has 0 saturated heterocycles. The molecule has 0 bridgehead atoms. The van der Waals surface area contributed by atoms with Crippen LogP contribution in [0.3, 0.4) is 0 Å². The summed E-state index contributed by atoms with van der Waals surface area (Å²) in [6.07, 6.45) is 0. The smallest absolute Gasteiger partial charge is 0.161 e. The zero-order valence-electron chi connectivity index (χ0n) is 9.76. The Bertz CT molecular complexity index is 376.